The molecule has 1 aromatic heterocycles. The first-order valence-corrected chi connectivity index (χ1v) is 5.83. The van der Waals surface area contributed by atoms with E-state index < -0.39 is 5.97 Å². The van der Waals surface area contributed by atoms with E-state index in [1.54, 1.807) is 0 Å². The number of hydrogen-bond acceptors (Lipinski definition) is 4. The van der Waals surface area contributed by atoms with E-state index in [-0.39, 0.29) is 5.56 Å². The molecule has 1 saturated heterocycles. The molecule has 1 unspecified atom stereocenters. The number of carboxylic acids is 1. The van der Waals surface area contributed by atoms with Gasteiger partial charge in [0, 0.05) is 31.9 Å². The molecule has 0 spiro atoms. The van der Waals surface area contributed by atoms with Gasteiger partial charge in [0.15, 0.2) is 0 Å². The molecule has 2 heterocycles. The highest BCUT2D eigenvalue weighted by Gasteiger charge is 2.19. The molecule has 5 nitrogen and oxygen atoms in total. The number of anilines is 1. The second kappa shape index (κ2) is 4.89. The number of carbonyl (C=O) groups is 1. The molecule has 6 heteroatoms. The fourth-order valence-electron chi connectivity index (χ4n) is 1.91. The van der Waals surface area contributed by atoms with E-state index in [0.717, 1.165) is 19.6 Å². The van der Waals surface area contributed by atoms with Gasteiger partial charge in [-0.1, -0.05) is 11.6 Å². The summed E-state index contributed by atoms with van der Waals surface area (Å²) in [5.74, 6) is -0.357. The predicted octanol–water partition coefficient (Wildman–Crippen LogP) is 1.23. The van der Waals surface area contributed by atoms with Gasteiger partial charge in [0.05, 0.1) is 10.6 Å². The molecular formula is C11H14ClN3O2. The van der Waals surface area contributed by atoms with Crippen molar-refractivity contribution >= 4 is 23.4 Å². The lowest BCUT2D eigenvalue weighted by molar-refractivity contribution is 0.0696. The average Bonchev–Trinajstić information content (AvgIpc) is 2.28. The molecule has 1 aliphatic rings. The standard InChI is InChI=1S/C11H14ClN3O2/c1-7-6-15(3-2-13-7)10-9(12)4-8(5-14-10)11(16)17/h4-5,7,13H,2-3,6H2,1H3,(H,16,17). The van der Waals surface area contributed by atoms with Crippen LogP contribution in [0.15, 0.2) is 12.3 Å². The number of nitrogens with one attached hydrogen (secondary N) is 1. The first-order chi connectivity index (χ1) is 8.08. The Balaban J connectivity index is 2.23. The van der Waals surface area contributed by atoms with Crippen LogP contribution < -0.4 is 10.2 Å². The third-order valence-corrected chi connectivity index (χ3v) is 3.02. The van der Waals surface area contributed by atoms with Gasteiger partial charge in [-0.25, -0.2) is 9.78 Å². The first-order valence-electron chi connectivity index (χ1n) is 5.45. The fraction of sp³-hybridized carbons (Fsp3) is 0.455. The van der Waals surface area contributed by atoms with Gasteiger partial charge in [0.2, 0.25) is 0 Å². The van der Waals surface area contributed by atoms with Crippen LogP contribution in [0, 0.1) is 0 Å². The Morgan fingerprint density at radius 1 is 1.71 bits per heavy atom. The third-order valence-electron chi connectivity index (χ3n) is 2.74. The van der Waals surface area contributed by atoms with E-state index in [9.17, 15) is 4.79 Å². The molecule has 0 aliphatic carbocycles. The van der Waals surface area contributed by atoms with E-state index >= 15 is 0 Å². The van der Waals surface area contributed by atoms with Crippen molar-refractivity contribution in [2.45, 2.75) is 13.0 Å². The molecule has 92 valence electrons. The largest absolute Gasteiger partial charge is 0.478 e. The van der Waals surface area contributed by atoms with Crippen LogP contribution in [0.2, 0.25) is 5.02 Å². The van der Waals surface area contributed by atoms with E-state index in [0.29, 0.717) is 16.9 Å². The first kappa shape index (κ1) is 12.1. The van der Waals surface area contributed by atoms with Crippen molar-refractivity contribution in [1.29, 1.82) is 0 Å². The quantitative estimate of drug-likeness (QED) is 0.832. The minimum absolute atomic E-state index is 0.113. The zero-order valence-electron chi connectivity index (χ0n) is 9.48. The highest BCUT2D eigenvalue weighted by Crippen LogP contribution is 2.24. The van der Waals surface area contributed by atoms with Gasteiger partial charge in [-0.2, -0.15) is 0 Å². The summed E-state index contributed by atoms with van der Waals surface area (Å²) in [5, 5.41) is 12.5. The van der Waals surface area contributed by atoms with Crippen molar-refractivity contribution in [1.82, 2.24) is 10.3 Å². The maximum Gasteiger partial charge on any atom is 0.337 e. The predicted molar refractivity (Wildman–Crippen MR) is 65.9 cm³/mol. The van der Waals surface area contributed by atoms with Gasteiger partial charge in [-0.15, -0.1) is 0 Å². The SMILES string of the molecule is CC1CN(c2ncc(C(=O)O)cc2Cl)CCN1. The average molecular weight is 256 g/mol. The van der Waals surface area contributed by atoms with Gasteiger partial charge >= 0.3 is 5.97 Å². The normalized spacial score (nSPS) is 20.4. The fourth-order valence-corrected chi connectivity index (χ4v) is 2.19. The van der Waals surface area contributed by atoms with Crippen molar-refractivity contribution in [3.63, 3.8) is 0 Å². The molecule has 0 bridgehead atoms. The number of rotatable bonds is 2. The highest BCUT2D eigenvalue weighted by molar-refractivity contribution is 6.33. The van der Waals surface area contributed by atoms with E-state index in [1.807, 2.05) is 0 Å². The number of piperazine rings is 1. The Morgan fingerprint density at radius 2 is 2.47 bits per heavy atom. The number of pyridine rings is 1. The lowest BCUT2D eigenvalue weighted by Gasteiger charge is -2.33. The lowest BCUT2D eigenvalue weighted by atomic mass is 10.2. The van der Waals surface area contributed by atoms with Crippen molar-refractivity contribution < 1.29 is 9.90 Å². The van der Waals surface area contributed by atoms with Crippen LogP contribution in [-0.2, 0) is 0 Å². The molecular weight excluding hydrogens is 242 g/mol. The summed E-state index contributed by atoms with van der Waals surface area (Å²) in [6.45, 7) is 4.61. The monoisotopic (exact) mass is 255 g/mol. The van der Waals surface area contributed by atoms with Gasteiger partial charge < -0.3 is 15.3 Å². The molecule has 1 aromatic rings. The Hall–Kier alpha value is -1.33. The molecule has 0 radical (unpaired) electrons. The van der Waals surface area contributed by atoms with E-state index in [4.69, 9.17) is 16.7 Å². The molecule has 0 amide bonds. The Labute approximate surface area is 104 Å². The zero-order valence-corrected chi connectivity index (χ0v) is 10.2. The second-order valence-corrected chi connectivity index (χ2v) is 4.54. The minimum Gasteiger partial charge on any atom is -0.478 e. The summed E-state index contributed by atoms with van der Waals surface area (Å²) in [4.78, 5) is 17.0. The Morgan fingerprint density at radius 3 is 3.06 bits per heavy atom. The van der Waals surface area contributed by atoms with Crippen molar-refractivity contribution in [2.75, 3.05) is 24.5 Å². The van der Waals surface area contributed by atoms with Gasteiger partial charge in [0.1, 0.15) is 5.82 Å². The number of nitrogens with zero attached hydrogens (tertiary/aromatic N) is 2. The van der Waals surface area contributed by atoms with Gasteiger partial charge in [-0.05, 0) is 13.0 Å². The maximum atomic E-state index is 10.8. The minimum atomic E-state index is -1.01. The lowest BCUT2D eigenvalue weighted by Crippen LogP contribution is -2.49. The van der Waals surface area contributed by atoms with Crippen molar-refractivity contribution in [2.24, 2.45) is 0 Å². The molecule has 1 fully saturated rings. The van der Waals surface area contributed by atoms with Gasteiger partial charge in [0.25, 0.3) is 0 Å². The highest BCUT2D eigenvalue weighted by atomic mass is 35.5. The van der Waals surface area contributed by atoms with Crippen molar-refractivity contribution in [3.05, 3.63) is 22.8 Å². The Kier molecular flexibility index (Phi) is 3.49. The molecule has 2 rings (SSSR count). The number of hydrogen-bond donors (Lipinski definition) is 2. The van der Waals surface area contributed by atoms with Crippen LogP contribution in [-0.4, -0.2) is 41.7 Å². The number of carboxylic acid groups (broad SMARTS) is 1. The molecule has 2 N–H and O–H groups in total. The van der Waals surface area contributed by atoms with Gasteiger partial charge in [-0.3, -0.25) is 0 Å². The number of aromatic nitrogens is 1. The number of aromatic carboxylic acids is 1. The van der Waals surface area contributed by atoms with E-state index in [2.05, 4.69) is 22.1 Å². The maximum absolute atomic E-state index is 10.8. The van der Waals surface area contributed by atoms with Crippen LogP contribution >= 0.6 is 11.6 Å². The van der Waals surface area contributed by atoms with Crippen LogP contribution in [0.1, 0.15) is 17.3 Å². The third kappa shape index (κ3) is 2.68. The van der Waals surface area contributed by atoms with Crippen LogP contribution in [0.3, 0.4) is 0 Å². The summed E-state index contributed by atoms with van der Waals surface area (Å²) in [7, 11) is 0. The summed E-state index contributed by atoms with van der Waals surface area (Å²) in [6, 6.07) is 1.82. The summed E-state index contributed by atoms with van der Waals surface area (Å²) >= 11 is 6.07. The molecule has 1 aliphatic heterocycles. The summed E-state index contributed by atoms with van der Waals surface area (Å²) < 4.78 is 0. The van der Waals surface area contributed by atoms with Crippen LogP contribution in [0.25, 0.3) is 0 Å². The molecule has 1 atom stereocenters. The van der Waals surface area contributed by atoms with Crippen molar-refractivity contribution in [3.8, 4) is 0 Å². The molecule has 17 heavy (non-hydrogen) atoms. The Bertz CT molecular complexity index is 439. The van der Waals surface area contributed by atoms with Crippen LogP contribution in [0.5, 0.6) is 0 Å². The van der Waals surface area contributed by atoms with Crippen LogP contribution in [0.4, 0.5) is 5.82 Å². The molecule has 0 aromatic carbocycles. The topological polar surface area (TPSA) is 65.5 Å². The molecule has 0 saturated carbocycles. The smallest absolute Gasteiger partial charge is 0.337 e. The summed E-state index contributed by atoms with van der Waals surface area (Å²) in [6.07, 6.45) is 1.34. The zero-order chi connectivity index (χ0) is 12.4. The summed E-state index contributed by atoms with van der Waals surface area (Å²) in [5.41, 5.74) is 0.113. The second-order valence-electron chi connectivity index (χ2n) is 4.14. The van der Waals surface area contributed by atoms with E-state index in [1.165, 1.54) is 12.3 Å². The number of halogens is 1.